The van der Waals surface area contributed by atoms with E-state index in [1.54, 1.807) is 23.2 Å². The third kappa shape index (κ3) is 4.05. The van der Waals surface area contributed by atoms with Gasteiger partial charge in [0.15, 0.2) is 17.3 Å². The molecule has 3 aromatic rings. The number of rotatable bonds is 5. The van der Waals surface area contributed by atoms with Gasteiger partial charge in [0.2, 0.25) is 0 Å². The molecule has 2 bridgehead atoms. The number of methoxy groups -OCH3 is 1. The highest BCUT2D eigenvalue weighted by atomic mass is 16.5. The number of hydrogen-bond donors (Lipinski definition) is 3. The van der Waals surface area contributed by atoms with Crippen LogP contribution in [0.5, 0.6) is 0 Å². The Labute approximate surface area is 217 Å². The molecule has 2 aliphatic rings. The Kier molecular flexibility index (Phi) is 6.35. The number of piperidine rings is 1. The lowest BCUT2D eigenvalue weighted by Gasteiger charge is -2.39. The molecule has 3 aromatic heterocycles. The van der Waals surface area contributed by atoms with Crippen molar-refractivity contribution in [2.75, 3.05) is 12.8 Å². The number of carbonyl (C=O) groups excluding carboxylic acids is 3. The molecule has 2 saturated heterocycles. The SMILES string of the molecule is COC(=O)c1ccc(-c2cnn3c(N)c(C(C)=O)c(C4CC5CC[C@@H](C4)N5C(=O)C(N)=NC=N)nc23)cn1. The van der Waals surface area contributed by atoms with Crippen LogP contribution in [0.2, 0.25) is 0 Å². The highest BCUT2D eigenvalue weighted by Crippen LogP contribution is 2.44. The maximum atomic E-state index is 12.9. The van der Waals surface area contributed by atoms with Gasteiger partial charge in [-0.1, -0.05) is 6.07 Å². The van der Waals surface area contributed by atoms with Gasteiger partial charge in [-0.15, -0.1) is 0 Å². The fourth-order valence-corrected chi connectivity index (χ4v) is 5.66. The predicted molar refractivity (Wildman–Crippen MR) is 138 cm³/mol. The first-order chi connectivity index (χ1) is 18.2. The van der Waals surface area contributed by atoms with Gasteiger partial charge in [0.25, 0.3) is 5.91 Å². The lowest BCUT2D eigenvalue weighted by Crippen LogP contribution is -2.50. The highest BCUT2D eigenvalue weighted by Gasteiger charge is 2.45. The van der Waals surface area contributed by atoms with E-state index < -0.39 is 5.97 Å². The fourth-order valence-electron chi connectivity index (χ4n) is 5.66. The van der Waals surface area contributed by atoms with Gasteiger partial charge in [0.1, 0.15) is 17.9 Å². The third-order valence-corrected chi connectivity index (χ3v) is 7.31. The van der Waals surface area contributed by atoms with Crippen LogP contribution in [0.3, 0.4) is 0 Å². The molecular weight excluding hydrogens is 490 g/mol. The van der Waals surface area contributed by atoms with Crippen LogP contribution in [0.1, 0.15) is 65.1 Å². The van der Waals surface area contributed by atoms with E-state index in [1.165, 1.54) is 24.7 Å². The maximum Gasteiger partial charge on any atom is 0.356 e. The number of nitrogens with zero attached hydrogens (tertiary/aromatic N) is 6. The molecule has 196 valence electrons. The molecule has 0 radical (unpaired) electrons. The van der Waals surface area contributed by atoms with Crippen LogP contribution in [0.4, 0.5) is 5.82 Å². The molecule has 2 unspecified atom stereocenters. The molecule has 5 heterocycles. The molecule has 0 spiro atoms. The maximum absolute atomic E-state index is 12.9. The Morgan fingerprint density at radius 3 is 2.47 bits per heavy atom. The van der Waals surface area contributed by atoms with Gasteiger partial charge in [0.05, 0.1) is 24.6 Å². The number of esters is 1. The number of amidine groups is 1. The van der Waals surface area contributed by atoms with Crippen LogP contribution in [0.25, 0.3) is 16.8 Å². The van der Waals surface area contributed by atoms with Crippen LogP contribution in [0.15, 0.2) is 29.5 Å². The lowest BCUT2D eigenvalue weighted by molar-refractivity contribution is -0.128. The first-order valence-electron chi connectivity index (χ1n) is 12.1. The Hall–Kier alpha value is -4.68. The van der Waals surface area contributed by atoms with Crippen molar-refractivity contribution in [3.63, 3.8) is 0 Å². The van der Waals surface area contributed by atoms with Crippen molar-refractivity contribution in [1.82, 2.24) is 24.5 Å². The van der Waals surface area contributed by atoms with E-state index >= 15 is 0 Å². The molecule has 2 fully saturated rings. The summed E-state index contributed by atoms with van der Waals surface area (Å²) in [6, 6.07) is 3.09. The molecule has 5 rings (SSSR count). The van der Waals surface area contributed by atoms with Gasteiger partial charge < -0.3 is 21.1 Å². The lowest BCUT2D eigenvalue weighted by atomic mass is 9.85. The van der Waals surface area contributed by atoms with E-state index in [0.29, 0.717) is 40.9 Å². The summed E-state index contributed by atoms with van der Waals surface area (Å²) >= 11 is 0. The standard InChI is InChI=1S/C25H27N9O4/c1-12(35)19-20(14-7-15-4-5-16(8-14)33(15)24(36)21(27)30-11-26)32-23-17(10-31-34(23)22(19)28)13-3-6-18(29-9-13)25(37)38-2/h3,6,9-11,14-16H,4-5,7-8,28H2,1-2H3,(H3,26,27,30)/t14?,15-,16?/m0/s1. The Bertz CT molecular complexity index is 1480. The van der Waals surface area contributed by atoms with Gasteiger partial charge in [-0.25, -0.2) is 19.8 Å². The number of Topliss-reactive ketones (excluding diaryl/α,β-unsaturated/α-hetero) is 1. The van der Waals surface area contributed by atoms with E-state index in [2.05, 4.69) is 15.1 Å². The van der Waals surface area contributed by atoms with E-state index in [4.69, 9.17) is 26.6 Å². The van der Waals surface area contributed by atoms with Gasteiger partial charge in [-0.2, -0.15) is 9.61 Å². The number of nitrogens with one attached hydrogen (secondary N) is 1. The number of fused-ring (bicyclic) bond motifs is 3. The van der Waals surface area contributed by atoms with Crippen LogP contribution < -0.4 is 11.5 Å². The van der Waals surface area contributed by atoms with E-state index in [-0.39, 0.29) is 47.0 Å². The number of nitrogen functional groups attached to an aromatic ring is 1. The van der Waals surface area contributed by atoms with E-state index in [9.17, 15) is 14.4 Å². The molecule has 1 amide bonds. The van der Waals surface area contributed by atoms with Crippen molar-refractivity contribution in [3.8, 4) is 11.1 Å². The van der Waals surface area contributed by atoms with Crippen molar-refractivity contribution in [2.24, 2.45) is 10.7 Å². The second kappa shape index (κ2) is 9.65. The van der Waals surface area contributed by atoms with Crippen molar-refractivity contribution < 1.29 is 19.1 Å². The second-order valence-electron chi connectivity index (χ2n) is 9.44. The summed E-state index contributed by atoms with van der Waals surface area (Å²) in [7, 11) is 1.29. The Morgan fingerprint density at radius 1 is 1.18 bits per heavy atom. The fraction of sp³-hybridized carbons (Fsp3) is 0.360. The van der Waals surface area contributed by atoms with Crippen LogP contribution in [-0.2, 0) is 9.53 Å². The van der Waals surface area contributed by atoms with Crippen LogP contribution in [0, 0.1) is 5.41 Å². The van der Waals surface area contributed by atoms with Gasteiger partial charge in [0, 0.05) is 35.3 Å². The van der Waals surface area contributed by atoms with E-state index in [1.807, 2.05) is 0 Å². The molecule has 38 heavy (non-hydrogen) atoms. The summed E-state index contributed by atoms with van der Waals surface area (Å²) in [5.41, 5.74) is 15.1. The minimum atomic E-state index is -0.544. The number of amides is 1. The smallest absolute Gasteiger partial charge is 0.356 e. The molecule has 0 saturated carbocycles. The molecule has 3 atom stereocenters. The number of ketones is 1. The zero-order valence-corrected chi connectivity index (χ0v) is 20.9. The normalized spacial score (nSPS) is 20.9. The minimum Gasteiger partial charge on any atom is -0.464 e. The van der Waals surface area contributed by atoms with Gasteiger partial charge in [-0.3, -0.25) is 15.0 Å². The number of hydrogen-bond acceptors (Lipinski definition) is 9. The minimum absolute atomic E-state index is 0.0933. The zero-order chi connectivity index (χ0) is 27.1. The first kappa shape index (κ1) is 25.0. The zero-order valence-electron chi connectivity index (χ0n) is 20.9. The number of aliphatic imine (C=N–C) groups is 1. The summed E-state index contributed by atoms with van der Waals surface area (Å²) in [5.74, 6) is -1.28. The van der Waals surface area contributed by atoms with Gasteiger partial charge >= 0.3 is 5.97 Å². The topological polar surface area (TPSA) is 195 Å². The van der Waals surface area contributed by atoms with Crippen molar-refractivity contribution in [3.05, 3.63) is 41.5 Å². The molecule has 2 aliphatic heterocycles. The number of aromatic nitrogens is 4. The number of ether oxygens (including phenoxy) is 1. The summed E-state index contributed by atoms with van der Waals surface area (Å²) in [6.45, 7) is 1.45. The summed E-state index contributed by atoms with van der Waals surface area (Å²) < 4.78 is 6.15. The molecule has 13 heteroatoms. The Balaban J connectivity index is 1.55. The number of nitrogens with two attached hydrogens (primary N) is 2. The average Bonchev–Trinajstić information content (AvgIpc) is 3.45. The Morgan fingerprint density at radius 2 is 1.89 bits per heavy atom. The van der Waals surface area contributed by atoms with Gasteiger partial charge in [-0.05, 0) is 38.7 Å². The molecule has 13 nitrogen and oxygen atoms in total. The molecule has 0 aliphatic carbocycles. The quantitative estimate of drug-likeness (QED) is 0.195. The van der Waals surface area contributed by atoms with Crippen LogP contribution >= 0.6 is 0 Å². The van der Waals surface area contributed by atoms with Crippen molar-refractivity contribution in [2.45, 2.75) is 50.6 Å². The summed E-state index contributed by atoms with van der Waals surface area (Å²) in [4.78, 5) is 51.9. The largest absolute Gasteiger partial charge is 0.464 e. The summed E-state index contributed by atoms with van der Waals surface area (Å²) in [5, 5.41) is 11.5. The molecular formula is C25H27N9O4. The number of anilines is 1. The predicted octanol–water partition coefficient (Wildman–Crippen LogP) is 1.56. The average molecular weight is 518 g/mol. The first-order valence-corrected chi connectivity index (χ1v) is 12.1. The molecule has 0 aromatic carbocycles. The van der Waals surface area contributed by atoms with Crippen molar-refractivity contribution in [1.29, 1.82) is 5.41 Å². The summed E-state index contributed by atoms with van der Waals surface area (Å²) in [6.07, 6.45) is 6.65. The number of carbonyl (C=O) groups is 3. The second-order valence-corrected chi connectivity index (χ2v) is 9.44. The molecule has 5 N–H and O–H groups in total. The monoisotopic (exact) mass is 517 g/mol. The number of pyridine rings is 1. The van der Waals surface area contributed by atoms with Crippen molar-refractivity contribution >= 4 is 41.3 Å². The van der Waals surface area contributed by atoms with Crippen LogP contribution in [-0.4, -0.2) is 73.5 Å². The highest BCUT2D eigenvalue weighted by molar-refractivity contribution is 6.38. The van der Waals surface area contributed by atoms with E-state index in [0.717, 1.165) is 19.2 Å². The third-order valence-electron chi connectivity index (χ3n) is 7.31.